The molecule has 0 atom stereocenters. The van der Waals surface area contributed by atoms with Gasteiger partial charge in [-0.05, 0) is 48.0 Å². The van der Waals surface area contributed by atoms with Gasteiger partial charge >= 0.3 is 0 Å². The van der Waals surface area contributed by atoms with Crippen LogP contribution in [0, 0.1) is 0 Å². The minimum Gasteiger partial charge on any atom is -0.456 e. The van der Waals surface area contributed by atoms with Crippen LogP contribution >= 0.6 is 11.3 Å². The summed E-state index contributed by atoms with van der Waals surface area (Å²) < 4.78 is 15.8. The normalized spacial score (nSPS) is 11.8. The van der Waals surface area contributed by atoms with Crippen molar-refractivity contribution in [2.24, 2.45) is 0 Å². The number of nitrogens with zero attached hydrogens (tertiary/aromatic N) is 2. The quantitative estimate of drug-likeness (QED) is 0.189. The lowest BCUT2D eigenvalue weighted by molar-refractivity contribution is 0.622. The molecule has 0 aliphatic carbocycles. The fourth-order valence-electron chi connectivity index (χ4n) is 6.92. The van der Waals surface area contributed by atoms with E-state index in [1.807, 2.05) is 59.9 Å². The van der Waals surface area contributed by atoms with E-state index >= 15 is 0 Å². The van der Waals surface area contributed by atoms with Crippen molar-refractivity contribution in [2.75, 3.05) is 4.90 Å². The third-order valence-electron chi connectivity index (χ3n) is 9.10. The van der Waals surface area contributed by atoms with Gasteiger partial charge in [-0.25, -0.2) is 4.98 Å². The average molecular weight is 635 g/mol. The molecule has 10 rings (SSSR count). The first kappa shape index (κ1) is 27.0. The molecule has 10 aromatic rings. The van der Waals surface area contributed by atoms with Crippen LogP contribution in [0.2, 0.25) is 0 Å². The molecule has 0 radical (unpaired) electrons. The van der Waals surface area contributed by atoms with Crippen LogP contribution < -0.4 is 4.90 Å². The summed E-state index contributed by atoms with van der Waals surface area (Å²) >= 11 is 1.82. The number of thiophene rings is 1. The monoisotopic (exact) mass is 634 g/mol. The molecule has 0 saturated heterocycles. The zero-order valence-corrected chi connectivity index (χ0v) is 26.4. The smallest absolute Gasteiger partial charge is 0.227 e. The Balaban J connectivity index is 1.32. The van der Waals surface area contributed by atoms with Crippen molar-refractivity contribution in [3.63, 3.8) is 0 Å². The molecule has 4 nitrogen and oxygen atoms in total. The summed E-state index contributed by atoms with van der Waals surface area (Å²) in [5.41, 5.74) is 9.14. The second-order valence-corrected chi connectivity index (χ2v) is 13.0. The lowest BCUT2D eigenvalue weighted by Gasteiger charge is -2.28. The maximum absolute atomic E-state index is 6.73. The van der Waals surface area contributed by atoms with Crippen LogP contribution in [-0.2, 0) is 0 Å². The van der Waals surface area contributed by atoms with E-state index < -0.39 is 0 Å². The molecular formula is C43H26N2O2S. The average Bonchev–Trinajstić information content (AvgIpc) is 3.86. The van der Waals surface area contributed by atoms with Crippen molar-refractivity contribution in [2.45, 2.75) is 0 Å². The standard InChI is InChI=1S/C43H26N2O2S/c1-3-13-27(14-4-1)30-17-7-10-20-34(30)45(29-23-24-32-31-18-9-12-22-38(31)48-39(32)25-29)35-26-37-40(33-19-8-11-21-36(33)46-37)42-41(35)44-43(47-42)28-15-5-2-6-16-28/h1-26H. The van der Waals surface area contributed by atoms with E-state index in [-0.39, 0.29) is 0 Å². The van der Waals surface area contributed by atoms with Gasteiger partial charge in [0, 0.05) is 48.4 Å². The van der Waals surface area contributed by atoms with Gasteiger partial charge in [-0.1, -0.05) is 109 Å². The third kappa shape index (κ3) is 4.18. The highest BCUT2D eigenvalue weighted by molar-refractivity contribution is 7.25. The molecule has 0 fully saturated rings. The maximum atomic E-state index is 6.73. The Hall–Kier alpha value is -6.17. The highest BCUT2D eigenvalue weighted by atomic mass is 32.1. The second kappa shape index (κ2) is 10.7. The number of anilines is 3. The van der Waals surface area contributed by atoms with Crippen molar-refractivity contribution in [3.8, 4) is 22.6 Å². The van der Waals surface area contributed by atoms with Crippen molar-refractivity contribution in [1.29, 1.82) is 0 Å². The van der Waals surface area contributed by atoms with E-state index in [1.165, 1.54) is 20.2 Å². The Morgan fingerprint density at radius 2 is 1.19 bits per heavy atom. The number of para-hydroxylation sites is 2. The maximum Gasteiger partial charge on any atom is 0.227 e. The highest BCUT2D eigenvalue weighted by Crippen LogP contribution is 2.48. The van der Waals surface area contributed by atoms with Crippen molar-refractivity contribution >= 4 is 81.6 Å². The van der Waals surface area contributed by atoms with Crippen LogP contribution in [0.3, 0.4) is 0 Å². The largest absolute Gasteiger partial charge is 0.456 e. The van der Waals surface area contributed by atoms with E-state index in [4.69, 9.17) is 13.8 Å². The predicted octanol–water partition coefficient (Wildman–Crippen LogP) is 12.9. The van der Waals surface area contributed by atoms with Crippen LogP contribution in [0.5, 0.6) is 0 Å². The van der Waals surface area contributed by atoms with Gasteiger partial charge in [0.1, 0.15) is 16.7 Å². The second-order valence-electron chi connectivity index (χ2n) is 11.9. The van der Waals surface area contributed by atoms with E-state index in [0.717, 1.165) is 61.2 Å². The summed E-state index contributed by atoms with van der Waals surface area (Å²) in [5, 5.41) is 4.45. The molecule has 0 unspecified atom stereocenters. The first-order valence-corrected chi connectivity index (χ1v) is 16.8. The first-order chi connectivity index (χ1) is 23.8. The van der Waals surface area contributed by atoms with Crippen LogP contribution in [0.4, 0.5) is 17.1 Å². The van der Waals surface area contributed by atoms with E-state index in [0.29, 0.717) is 11.5 Å². The molecule has 0 spiro atoms. The van der Waals surface area contributed by atoms with Crippen molar-refractivity contribution in [1.82, 2.24) is 4.98 Å². The molecule has 7 aromatic carbocycles. The van der Waals surface area contributed by atoms with Gasteiger partial charge in [0.2, 0.25) is 5.89 Å². The Kier molecular flexibility index (Phi) is 6.01. The molecule has 0 amide bonds. The first-order valence-electron chi connectivity index (χ1n) is 16.0. The summed E-state index contributed by atoms with van der Waals surface area (Å²) in [7, 11) is 0. The highest BCUT2D eigenvalue weighted by Gasteiger charge is 2.26. The number of oxazole rings is 1. The predicted molar refractivity (Wildman–Crippen MR) is 200 cm³/mol. The van der Waals surface area contributed by atoms with Gasteiger partial charge in [0.15, 0.2) is 5.58 Å². The molecule has 226 valence electrons. The molecule has 0 saturated carbocycles. The molecule has 3 heterocycles. The SMILES string of the molecule is c1ccc(-c2nc3c(N(c4ccc5c(c4)sc4ccccc45)c4ccccc4-c4ccccc4)cc4oc5ccccc5c4c3o2)cc1. The minimum atomic E-state index is 0.570. The topological polar surface area (TPSA) is 42.4 Å². The Morgan fingerprint density at radius 1 is 0.500 bits per heavy atom. The molecule has 5 heteroatoms. The molecule has 48 heavy (non-hydrogen) atoms. The third-order valence-corrected chi connectivity index (χ3v) is 10.2. The van der Waals surface area contributed by atoms with Crippen molar-refractivity contribution < 1.29 is 8.83 Å². The number of benzene rings is 7. The number of rotatable bonds is 5. The number of hydrogen-bond acceptors (Lipinski definition) is 5. The Bertz CT molecular complexity index is 2790. The van der Waals surface area contributed by atoms with E-state index in [2.05, 4.69) is 114 Å². The molecule has 3 aromatic heterocycles. The lowest BCUT2D eigenvalue weighted by atomic mass is 10.0. The molecule has 0 N–H and O–H groups in total. The van der Waals surface area contributed by atoms with Gasteiger partial charge in [0.25, 0.3) is 0 Å². The zero-order valence-electron chi connectivity index (χ0n) is 25.6. The van der Waals surface area contributed by atoms with Crippen LogP contribution in [0.15, 0.2) is 167 Å². The summed E-state index contributed by atoms with van der Waals surface area (Å²) in [6.45, 7) is 0. The summed E-state index contributed by atoms with van der Waals surface area (Å²) in [5.74, 6) is 0.570. The van der Waals surface area contributed by atoms with Crippen LogP contribution in [0.25, 0.3) is 75.8 Å². The Morgan fingerprint density at radius 3 is 2.04 bits per heavy atom. The number of fused-ring (bicyclic) bond motifs is 8. The molecule has 0 aliphatic rings. The molecule has 0 aliphatic heterocycles. The van der Waals surface area contributed by atoms with Gasteiger partial charge in [-0.15, -0.1) is 11.3 Å². The fraction of sp³-hybridized carbons (Fsp3) is 0. The summed E-state index contributed by atoms with van der Waals surface area (Å²) in [6.07, 6.45) is 0. The van der Waals surface area contributed by atoms with Gasteiger partial charge in [0.05, 0.1) is 16.8 Å². The number of furan rings is 1. The lowest BCUT2D eigenvalue weighted by Crippen LogP contribution is -2.12. The van der Waals surface area contributed by atoms with Gasteiger partial charge in [-0.2, -0.15) is 0 Å². The summed E-state index contributed by atoms with van der Waals surface area (Å²) in [4.78, 5) is 7.56. The minimum absolute atomic E-state index is 0.570. The number of aromatic nitrogens is 1. The molecular weight excluding hydrogens is 609 g/mol. The van der Waals surface area contributed by atoms with Crippen LogP contribution in [0.1, 0.15) is 0 Å². The Labute approximate surface area is 279 Å². The van der Waals surface area contributed by atoms with Crippen molar-refractivity contribution in [3.05, 3.63) is 158 Å². The fourth-order valence-corrected chi connectivity index (χ4v) is 8.06. The number of hydrogen-bond donors (Lipinski definition) is 0. The van der Waals surface area contributed by atoms with E-state index in [9.17, 15) is 0 Å². The molecule has 0 bridgehead atoms. The van der Waals surface area contributed by atoms with Gasteiger partial charge < -0.3 is 13.7 Å². The van der Waals surface area contributed by atoms with Gasteiger partial charge in [-0.3, -0.25) is 0 Å². The van der Waals surface area contributed by atoms with E-state index in [1.54, 1.807) is 0 Å². The zero-order chi connectivity index (χ0) is 31.6. The van der Waals surface area contributed by atoms with Crippen LogP contribution in [-0.4, -0.2) is 4.98 Å². The summed E-state index contributed by atoms with van der Waals surface area (Å²) in [6, 6.07) is 54.9.